The Bertz CT molecular complexity index is 1210. The monoisotopic (exact) mass is 372 g/mol. The summed E-state index contributed by atoms with van der Waals surface area (Å²) in [5.74, 6) is 0. The molecule has 2 N–H and O–H groups in total. The lowest BCUT2D eigenvalue weighted by Gasteiger charge is -2.14. The molecule has 0 saturated carbocycles. The Morgan fingerprint density at radius 2 is 1.86 bits per heavy atom. The van der Waals surface area contributed by atoms with Crippen molar-refractivity contribution >= 4 is 11.3 Å². The highest BCUT2D eigenvalue weighted by molar-refractivity contribution is 5.77. The predicted octanol–water partition coefficient (Wildman–Crippen LogP) is 4.54. The molecule has 0 aliphatic rings. The zero-order chi connectivity index (χ0) is 19.8. The van der Waals surface area contributed by atoms with Gasteiger partial charge in [-0.1, -0.05) is 18.2 Å². The van der Waals surface area contributed by atoms with Crippen LogP contribution in [0.3, 0.4) is 0 Å². The van der Waals surface area contributed by atoms with E-state index in [0.29, 0.717) is 12.1 Å². The van der Waals surface area contributed by atoms with E-state index in [2.05, 4.69) is 46.7 Å². The number of aromatic nitrogens is 3. The maximum atomic E-state index is 12.4. The van der Waals surface area contributed by atoms with Crippen molar-refractivity contribution in [1.29, 1.82) is 0 Å². The van der Waals surface area contributed by atoms with Gasteiger partial charge in [0.25, 0.3) is 0 Å². The Kier molecular flexibility index (Phi) is 4.51. The van der Waals surface area contributed by atoms with Crippen LogP contribution >= 0.6 is 0 Å². The van der Waals surface area contributed by atoms with E-state index in [-0.39, 0.29) is 5.43 Å². The lowest BCUT2D eigenvalue weighted by Crippen LogP contribution is -2.07. The molecule has 0 atom stereocenters. The van der Waals surface area contributed by atoms with Crippen LogP contribution in [0.15, 0.2) is 53.7 Å². The number of hydrogen-bond donors (Lipinski definition) is 2. The summed E-state index contributed by atoms with van der Waals surface area (Å²) in [5, 5.41) is 3.56. The van der Waals surface area contributed by atoms with Crippen molar-refractivity contribution in [3.05, 3.63) is 87.2 Å². The average molecular weight is 372 g/mol. The van der Waals surface area contributed by atoms with Crippen LogP contribution in [0.25, 0.3) is 16.8 Å². The van der Waals surface area contributed by atoms with Crippen molar-refractivity contribution < 1.29 is 0 Å². The van der Waals surface area contributed by atoms with Gasteiger partial charge in [-0.05, 0) is 50.5 Å². The maximum Gasteiger partial charge on any atom is 0.189 e. The van der Waals surface area contributed by atoms with E-state index in [9.17, 15) is 4.79 Å². The summed E-state index contributed by atoms with van der Waals surface area (Å²) in [5.41, 5.74) is 9.14. The highest BCUT2D eigenvalue weighted by Crippen LogP contribution is 2.27. The SMILES string of the molecule is Cc1cccc(C)c1CNc1cc(-c2c[nH]ccc2=O)cn2c(C)c(C)nc12. The van der Waals surface area contributed by atoms with Crippen molar-refractivity contribution in [2.45, 2.75) is 34.2 Å². The number of pyridine rings is 2. The number of anilines is 1. The molecule has 3 heterocycles. The molecule has 0 radical (unpaired) electrons. The molecule has 4 rings (SSSR count). The molecule has 4 aromatic rings. The van der Waals surface area contributed by atoms with Gasteiger partial charge in [0, 0.05) is 48.0 Å². The first-order chi connectivity index (χ1) is 13.5. The summed E-state index contributed by atoms with van der Waals surface area (Å²) in [6, 6.07) is 9.90. The summed E-state index contributed by atoms with van der Waals surface area (Å²) >= 11 is 0. The number of rotatable bonds is 4. The first kappa shape index (κ1) is 18.0. The van der Waals surface area contributed by atoms with E-state index in [1.165, 1.54) is 16.7 Å². The third kappa shape index (κ3) is 3.09. The van der Waals surface area contributed by atoms with Gasteiger partial charge in [0.2, 0.25) is 0 Å². The molecule has 3 aromatic heterocycles. The molecule has 0 aliphatic carbocycles. The van der Waals surface area contributed by atoms with Gasteiger partial charge in [-0.25, -0.2) is 4.98 Å². The number of fused-ring (bicyclic) bond motifs is 1. The van der Waals surface area contributed by atoms with Crippen LogP contribution in [0.2, 0.25) is 0 Å². The zero-order valence-corrected chi connectivity index (χ0v) is 16.6. The molecule has 5 nitrogen and oxygen atoms in total. The molecule has 0 amide bonds. The fraction of sp³-hybridized carbons (Fsp3) is 0.217. The van der Waals surface area contributed by atoms with Gasteiger partial charge in [0.15, 0.2) is 11.1 Å². The second kappa shape index (κ2) is 7.00. The number of hydrogen-bond acceptors (Lipinski definition) is 3. The molecule has 0 saturated heterocycles. The summed E-state index contributed by atoms with van der Waals surface area (Å²) in [4.78, 5) is 20.1. The van der Waals surface area contributed by atoms with E-state index in [1.807, 2.05) is 26.1 Å². The fourth-order valence-electron chi connectivity index (χ4n) is 3.60. The number of benzene rings is 1. The summed E-state index contributed by atoms with van der Waals surface area (Å²) in [7, 11) is 0. The van der Waals surface area contributed by atoms with Gasteiger partial charge in [-0.15, -0.1) is 0 Å². The molecule has 0 bridgehead atoms. The van der Waals surface area contributed by atoms with Crippen molar-refractivity contribution in [1.82, 2.24) is 14.4 Å². The number of aryl methyl sites for hydroxylation is 4. The fourth-order valence-corrected chi connectivity index (χ4v) is 3.60. The van der Waals surface area contributed by atoms with E-state index in [1.54, 1.807) is 18.5 Å². The van der Waals surface area contributed by atoms with E-state index in [4.69, 9.17) is 4.98 Å². The molecular formula is C23H24N4O. The molecule has 0 unspecified atom stereocenters. The second-order valence-corrected chi connectivity index (χ2v) is 7.26. The van der Waals surface area contributed by atoms with Crippen LogP contribution in [-0.4, -0.2) is 14.4 Å². The lowest BCUT2D eigenvalue weighted by molar-refractivity contribution is 1.07. The van der Waals surface area contributed by atoms with Gasteiger partial charge in [0.1, 0.15) is 0 Å². The quantitative estimate of drug-likeness (QED) is 0.553. The van der Waals surface area contributed by atoms with Gasteiger partial charge in [0.05, 0.1) is 11.4 Å². The number of nitrogens with zero attached hydrogens (tertiary/aromatic N) is 2. The smallest absolute Gasteiger partial charge is 0.189 e. The molecule has 142 valence electrons. The molecule has 0 aliphatic heterocycles. The minimum Gasteiger partial charge on any atom is -0.378 e. The first-order valence-corrected chi connectivity index (χ1v) is 9.41. The second-order valence-electron chi connectivity index (χ2n) is 7.26. The molecular weight excluding hydrogens is 348 g/mol. The predicted molar refractivity (Wildman–Crippen MR) is 114 cm³/mol. The first-order valence-electron chi connectivity index (χ1n) is 9.41. The van der Waals surface area contributed by atoms with Gasteiger partial charge in [-0.2, -0.15) is 0 Å². The van der Waals surface area contributed by atoms with Crippen molar-refractivity contribution in [3.63, 3.8) is 0 Å². The number of aromatic amines is 1. The highest BCUT2D eigenvalue weighted by atomic mass is 16.1. The average Bonchev–Trinajstić information content (AvgIpc) is 2.96. The van der Waals surface area contributed by atoms with Crippen LogP contribution in [0, 0.1) is 27.7 Å². The largest absolute Gasteiger partial charge is 0.378 e. The minimum atomic E-state index is -0.00621. The van der Waals surface area contributed by atoms with Crippen LogP contribution in [-0.2, 0) is 6.54 Å². The third-order valence-corrected chi connectivity index (χ3v) is 5.43. The number of H-pyrrole nitrogens is 1. The topological polar surface area (TPSA) is 62.2 Å². The van der Waals surface area contributed by atoms with E-state index >= 15 is 0 Å². The van der Waals surface area contributed by atoms with Crippen LogP contribution in [0.5, 0.6) is 0 Å². The van der Waals surface area contributed by atoms with Crippen molar-refractivity contribution in [2.75, 3.05) is 5.32 Å². The Morgan fingerprint density at radius 1 is 1.11 bits per heavy atom. The molecule has 1 aromatic carbocycles. The number of imidazole rings is 1. The van der Waals surface area contributed by atoms with Crippen LogP contribution in [0.4, 0.5) is 5.69 Å². The minimum absolute atomic E-state index is 0.00621. The Morgan fingerprint density at radius 3 is 2.57 bits per heavy atom. The number of nitrogens with one attached hydrogen (secondary N) is 2. The maximum absolute atomic E-state index is 12.4. The summed E-state index contributed by atoms with van der Waals surface area (Å²) < 4.78 is 2.06. The van der Waals surface area contributed by atoms with E-state index < -0.39 is 0 Å². The van der Waals surface area contributed by atoms with E-state index in [0.717, 1.165) is 28.3 Å². The highest BCUT2D eigenvalue weighted by Gasteiger charge is 2.14. The lowest BCUT2D eigenvalue weighted by atomic mass is 10.0. The van der Waals surface area contributed by atoms with Gasteiger partial charge in [-0.3, -0.25) is 4.79 Å². The van der Waals surface area contributed by atoms with Crippen molar-refractivity contribution in [2.24, 2.45) is 0 Å². The van der Waals surface area contributed by atoms with Crippen molar-refractivity contribution in [3.8, 4) is 11.1 Å². The molecule has 0 spiro atoms. The summed E-state index contributed by atoms with van der Waals surface area (Å²) in [6.45, 7) is 9.01. The Labute approximate surface area is 164 Å². The Balaban J connectivity index is 1.84. The summed E-state index contributed by atoms with van der Waals surface area (Å²) in [6.07, 6.45) is 5.38. The van der Waals surface area contributed by atoms with Crippen LogP contribution in [0.1, 0.15) is 28.1 Å². The third-order valence-electron chi connectivity index (χ3n) is 5.43. The standard InChI is InChI=1S/C23H24N4O/c1-14-6-5-7-15(2)19(14)12-25-21-10-18(20-11-24-9-8-22(20)28)13-27-17(4)16(3)26-23(21)27/h5-11,13,25H,12H2,1-4H3,(H,24,28). The van der Waals surface area contributed by atoms with Gasteiger partial charge < -0.3 is 14.7 Å². The molecule has 28 heavy (non-hydrogen) atoms. The van der Waals surface area contributed by atoms with Gasteiger partial charge >= 0.3 is 0 Å². The zero-order valence-electron chi connectivity index (χ0n) is 16.6. The van der Waals surface area contributed by atoms with Crippen LogP contribution < -0.4 is 10.7 Å². The molecule has 0 fully saturated rings. The normalized spacial score (nSPS) is 11.1. The Hall–Kier alpha value is -3.34. The molecule has 5 heteroatoms.